The van der Waals surface area contributed by atoms with Gasteiger partial charge >= 0.3 is 0 Å². The first-order valence-corrected chi connectivity index (χ1v) is 10.7. The molecule has 0 saturated heterocycles. The normalized spacial score (nSPS) is 18.8. The van der Waals surface area contributed by atoms with Crippen LogP contribution in [0, 0.1) is 16.7 Å². The van der Waals surface area contributed by atoms with E-state index < -0.39 is 11.6 Å². The molecule has 1 aliphatic rings. The molecule has 3 unspecified atom stereocenters. The van der Waals surface area contributed by atoms with Gasteiger partial charge in [-0.2, -0.15) is 0 Å². The van der Waals surface area contributed by atoms with E-state index in [0.29, 0.717) is 17.6 Å². The summed E-state index contributed by atoms with van der Waals surface area (Å²) in [6.45, 7) is 3.82. The summed E-state index contributed by atoms with van der Waals surface area (Å²) in [4.78, 5) is 12.8. The van der Waals surface area contributed by atoms with Crippen LogP contribution in [0.3, 0.4) is 0 Å². The van der Waals surface area contributed by atoms with Crippen LogP contribution in [0.1, 0.15) is 55.7 Å². The first-order valence-electron chi connectivity index (χ1n) is 10.7. The van der Waals surface area contributed by atoms with E-state index in [1.807, 2.05) is 38.1 Å². The Morgan fingerprint density at radius 1 is 1.25 bits per heavy atom. The maximum absolute atomic E-state index is 10.6. The average molecular weight is 438 g/mol. The highest BCUT2D eigenvalue weighted by molar-refractivity contribution is 5.92. The summed E-state index contributed by atoms with van der Waals surface area (Å²) in [5.74, 6) is 0.799. The van der Waals surface area contributed by atoms with Gasteiger partial charge in [0.1, 0.15) is 17.3 Å². The Bertz CT molecular complexity index is 949. The van der Waals surface area contributed by atoms with Crippen LogP contribution in [0.4, 0.5) is 5.82 Å². The van der Waals surface area contributed by atoms with Crippen molar-refractivity contribution in [1.29, 1.82) is 10.8 Å². The summed E-state index contributed by atoms with van der Waals surface area (Å²) < 4.78 is 0. The Hall–Kier alpha value is -3.17. The van der Waals surface area contributed by atoms with Crippen molar-refractivity contribution in [3.63, 3.8) is 0 Å². The van der Waals surface area contributed by atoms with Gasteiger partial charge in [-0.05, 0) is 43.7 Å². The predicted molar refractivity (Wildman–Crippen MR) is 126 cm³/mol. The van der Waals surface area contributed by atoms with Gasteiger partial charge in [0.25, 0.3) is 0 Å². The number of rotatable bonds is 11. The summed E-state index contributed by atoms with van der Waals surface area (Å²) in [7, 11) is 0. The highest BCUT2D eigenvalue weighted by Crippen LogP contribution is 2.48. The van der Waals surface area contributed by atoms with Gasteiger partial charge < -0.3 is 32.1 Å². The van der Waals surface area contributed by atoms with Gasteiger partial charge in [0.05, 0.1) is 30.3 Å². The summed E-state index contributed by atoms with van der Waals surface area (Å²) in [6.07, 6.45) is 6.20. The molecule has 1 aromatic heterocycles. The number of nitrogens with one attached hydrogen (secondary N) is 3. The lowest BCUT2D eigenvalue weighted by molar-refractivity contribution is 0.182. The van der Waals surface area contributed by atoms with Gasteiger partial charge in [-0.1, -0.05) is 24.3 Å². The van der Waals surface area contributed by atoms with E-state index in [1.165, 1.54) is 24.8 Å². The van der Waals surface area contributed by atoms with Gasteiger partial charge in [0, 0.05) is 18.5 Å². The zero-order valence-electron chi connectivity index (χ0n) is 18.4. The minimum atomic E-state index is -1.25. The van der Waals surface area contributed by atoms with E-state index in [0.717, 1.165) is 24.0 Å². The number of nitrogens with zero attached hydrogens (tertiary/aromatic N) is 3. The molecule has 1 heterocycles. The number of aliphatic hydroxyl groups is 2. The number of aliphatic hydroxyl groups excluding tert-OH is 2. The van der Waals surface area contributed by atoms with Gasteiger partial charge in [0.15, 0.2) is 6.23 Å². The molecule has 1 saturated carbocycles. The van der Waals surface area contributed by atoms with Crippen LogP contribution in [0.15, 0.2) is 41.7 Å². The predicted octanol–water partition coefficient (Wildman–Crippen LogP) is 2.37. The van der Waals surface area contributed by atoms with Gasteiger partial charge in [-0.25, -0.2) is 9.98 Å². The maximum Gasteiger partial charge on any atom is 0.191 e. The second-order valence-corrected chi connectivity index (χ2v) is 8.40. The van der Waals surface area contributed by atoms with E-state index in [-0.39, 0.29) is 24.3 Å². The molecular weight excluding hydrogens is 406 g/mol. The minimum Gasteiger partial charge on any atom is -0.394 e. The maximum atomic E-state index is 10.6. The van der Waals surface area contributed by atoms with Crippen molar-refractivity contribution in [3.8, 4) is 0 Å². The third-order valence-corrected chi connectivity index (χ3v) is 6.05. The summed E-state index contributed by atoms with van der Waals surface area (Å²) in [6, 6.07) is 7.58. The van der Waals surface area contributed by atoms with Crippen LogP contribution < -0.4 is 11.1 Å². The van der Waals surface area contributed by atoms with Crippen molar-refractivity contribution < 1.29 is 10.2 Å². The molecule has 0 radical (unpaired) electrons. The molecule has 170 valence electrons. The number of hydrogen-bond acceptors (Lipinski definition) is 8. The Kier molecular flexibility index (Phi) is 7.32. The Morgan fingerprint density at radius 3 is 2.41 bits per heavy atom. The largest absolute Gasteiger partial charge is 0.394 e. The molecule has 0 spiro atoms. The van der Waals surface area contributed by atoms with Crippen molar-refractivity contribution >= 4 is 24.1 Å². The fraction of sp³-hybridized carbons (Fsp3) is 0.435. The summed E-state index contributed by atoms with van der Waals surface area (Å²) in [5.41, 5.74) is 8.04. The van der Waals surface area contributed by atoms with E-state index >= 15 is 0 Å². The molecule has 9 nitrogen and oxygen atoms in total. The number of aliphatic imine (C=N–C) groups is 1. The number of benzene rings is 1. The standard InChI is InChI=1S/C23H31N7O2/c1-14(13-31)29-20-12-27-19(11-28-20)21(32)30-22(26)23(2,18-7-8-18)17-5-3-15(4-6-17)16(9-24)10-25/h3-6,9-12,14,16,18,21,24-25,31-32H,7-8,13H2,1-2H3,(H2,26,30)(H,28,29). The molecule has 7 N–H and O–H groups in total. The van der Waals surface area contributed by atoms with Gasteiger partial charge in [-0.3, -0.25) is 4.98 Å². The molecule has 32 heavy (non-hydrogen) atoms. The molecule has 0 amide bonds. The lowest BCUT2D eigenvalue weighted by atomic mass is 9.76. The van der Waals surface area contributed by atoms with E-state index in [2.05, 4.69) is 20.3 Å². The van der Waals surface area contributed by atoms with Gasteiger partial charge in [0.2, 0.25) is 0 Å². The second kappa shape index (κ2) is 9.97. The Labute approximate surface area is 187 Å². The highest BCUT2D eigenvalue weighted by atomic mass is 16.3. The van der Waals surface area contributed by atoms with Gasteiger partial charge in [-0.15, -0.1) is 0 Å². The molecule has 9 heteroatoms. The molecule has 3 atom stereocenters. The van der Waals surface area contributed by atoms with Crippen LogP contribution in [-0.2, 0) is 5.41 Å². The quantitative estimate of drug-likeness (QED) is 0.233. The van der Waals surface area contributed by atoms with Crippen LogP contribution in [0.5, 0.6) is 0 Å². The average Bonchev–Trinajstić information content (AvgIpc) is 3.66. The monoisotopic (exact) mass is 437 g/mol. The molecule has 0 bridgehead atoms. The third-order valence-electron chi connectivity index (χ3n) is 6.05. The molecule has 0 aliphatic heterocycles. The number of anilines is 1. The van der Waals surface area contributed by atoms with Crippen molar-refractivity contribution in [1.82, 2.24) is 9.97 Å². The zero-order valence-corrected chi connectivity index (χ0v) is 18.4. The van der Waals surface area contributed by atoms with Crippen molar-refractivity contribution in [3.05, 3.63) is 53.5 Å². The zero-order chi connectivity index (χ0) is 23.3. The SMILES string of the molecule is CC(CO)Nc1cnc(C(O)N=C(N)C(C)(c2ccc(C(C=N)C=N)cc2)C2CC2)cn1. The molecule has 3 rings (SSSR count). The van der Waals surface area contributed by atoms with Crippen molar-refractivity contribution in [2.45, 2.75) is 50.3 Å². The van der Waals surface area contributed by atoms with E-state index in [4.69, 9.17) is 21.7 Å². The van der Waals surface area contributed by atoms with Crippen LogP contribution >= 0.6 is 0 Å². The first-order chi connectivity index (χ1) is 15.3. The third kappa shape index (κ3) is 5.00. The minimum absolute atomic E-state index is 0.0308. The molecule has 1 aliphatic carbocycles. The second-order valence-electron chi connectivity index (χ2n) is 8.40. The number of hydrogen-bond donors (Lipinski definition) is 6. The van der Waals surface area contributed by atoms with Crippen LogP contribution in [0.25, 0.3) is 0 Å². The first kappa shape index (κ1) is 23.5. The molecule has 1 aromatic carbocycles. The Balaban J connectivity index is 1.83. The van der Waals surface area contributed by atoms with E-state index in [1.54, 1.807) is 0 Å². The van der Waals surface area contributed by atoms with Crippen molar-refractivity contribution in [2.24, 2.45) is 16.6 Å². The number of amidine groups is 1. The Morgan fingerprint density at radius 2 is 1.91 bits per heavy atom. The van der Waals surface area contributed by atoms with Crippen molar-refractivity contribution in [2.75, 3.05) is 11.9 Å². The fourth-order valence-corrected chi connectivity index (χ4v) is 3.72. The summed E-state index contributed by atoms with van der Waals surface area (Å²) in [5, 5.41) is 37.7. The lowest BCUT2D eigenvalue weighted by Crippen LogP contribution is -2.41. The molecule has 2 aromatic rings. The number of aromatic nitrogens is 2. The molecule has 1 fully saturated rings. The van der Waals surface area contributed by atoms with Crippen LogP contribution in [0.2, 0.25) is 0 Å². The van der Waals surface area contributed by atoms with E-state index in [9.17, 15) is 5.11 Å². The fourth-order valence-electron chi connectivity index (χ4n) is 3.72. The topological polar surface area (TPSA) is 164 Å². The summed E-state index contributed by atoms with van der Waals surface area (Å²) >= 11 is 0. The van der Waals surface area contributed by atoms with Crippen LogP contribution in [-0.4, -0.2) is 51.1 Å². The highest BCUT2D eigenvalue weighted by Gasteiger charge is 2.46. The lowest BCUT2D eigenvalue weighted by Gasteiger charge is -2.30. The molecular formula is C23H31N7O2. The smallest absolute Gasteiger partial charge is 0.191 e. The number of nitrogens with two attached hydrogens (primary N) is 1.